The van der Waals surface area contributed by atoms with Crippen LogP contribution in [-0.2, 0) is 5.41 Å². The van der Waals surface area contributed by atoms with Crippen LogP contribution in [0.15, 0.2) is 158 Å². The second-order valence-electron chi connectivity index (χ2n) is 10.8. The minimum absolute atomic E-state index is 0.0321. The molecule has 0 bridgehead atoms. The maximum absolute atomic E-state index is 5.54. The summed E-state index contributed by atoms with van der Waals surface area (Å²) in [7, 11) is 5.10. The van der Waals surface area contributed by atoms with Crippen LogP contribution < -0.4 is 14.2 Å². The van der Waals surface area contributed by atoms with Gasteiger partial charge < -0.3 is 14.2 Å². The van der Waals surface area contributed by atoms with Crippen molar-refractivity contribution in [3.05, 3.63) is 197 Å². The van der Waals surface area contributed by atoms with Crippen LogP contribution >= 0.6 is 0 Å². The average molecular weight is 577 g/mol. The lowest BCUT2D eigenvalue weighted by molar-refractivity contribution is 0.414. The highest BCUT2D eigenvalue weighted by molar-refractivity contribution is 5.61. The van der Waals surface area contributed by atoms with E-state index in [-0.39, 0.29) is 5.92 Å². The molecule has 3 nitrogen and oxygen atoms in total. The van der Waals surface area contributed by atoms with Gasteiger partial charge in [-0.15, -0.1) is 0 Å². The average Bonchev–Trinajstić information content (AvgIpc) is 3.11. The molecule has 0 aliphatic heterocycles. The first-order valence-corrected chi connectivity index (χ1v) is 14.8. The fraction of sp³-hybridized carbons (Fsp3) is 0.122. The topological polar surface area (TPSA) is 27.7 Å². The lowest BCUT2D eigenvalue weighted by atomic mass is 9.65. The Balaban J connectivity index is 1.54. The van der Waals surface area contributed by atoms with Gasteiger partial charge in [-0.1, -0.05) is 121 Å². The van der Waals surface area contributed by atoms with Gasteiger partial charge in [-0.3, -0.25) is 0 Å². The summed E-state index contributed by atoms with van der Waals surface area (Å²) < 4.78 is 16.5. The van der Waals surface area contributed by atoms with Crippen LogP contribution in [0.4, 0.5) is 0 Å². The van der Waals surface area contributed by atoms with Crippen molar-refractivity contribution in [2.45, 2.75) is 11.3 Å². The molecule has 0 heterocycles. The molecule has 0 unspecified atom stereocenters. The molecule has 0 N–H and O–H groups in total. The van der Waals surface area contributed by atoms with E-state index in [0.29, 0.717) is 0 Å². The molecule has 218 valence electrons. The molecule has 0 atom stereocenters. The Kier molecular flexibility index (Phi) is 8.47. The lowest BCUT2D eigenvalue weighted by Gasteiger charge is -2.37. The minimum Gasteiger partial charge on any atom is -0.497 e. The molecule has 3 heteroatoms. The van der Waals surface area contributed by atoms with Crippen LogP contribution in [0.25, 0.3) is 0 Å². The summed E-state index contributed by atoms with van der Waals surface area (Å²) >= 11 is 0. The third-order valence-corrected chi connectivity index (χ3v) is 8.51. The number of rotatable bonds is 10. The molecule has 0 aromatic heterocycles. The van der Waals surface area contributed by atoms with Crippen LogP contribution in [-0.4, -0.2) is 21.3 Å². The lowest BCUT2D eigenvalue weighted by Crippen LogP contribution is -2.31. The first-order valence-electron chi connectivity index (χ1n) is 14.8. The van der Waals surface area contributed by atoms with Gasteiger partial charge in [-0.25, -0.2) is 0 Å². The summed E-state index contributed by atoms with van der Waals surface area (Å²) in [4.78, 5) is 0. The molecule has 0 radical (unpaired) electrons. The molecule has 0 aliphatic carbocycles. The van der Waals surface area contributed by atoms with Gasteiger partial charge in [-0.2, -0.15) is 0 Å². The summed E-state index contributed by atoms with van der Waals surface area (Å²) in [6.45, 7) is 0. The summed E-state index contributed by atoms with van der Waals surface area (Å²) in [5.74, 6) is 2.55. The van der Waals surface area contributed by atoms with Gasteiger partial charge >= 0.3 is 0 Å². The molecular weight excluding hydrogens is 540 g/mol. The molecule has 0 fully saturated rings. The van der Waals surface area contributed by atoms with Crippen molar-refractivity contribution in [3.63, 3.8) is 0 Å². The molecule has 0 spiro atoms. The van der Waals surface area contributed by atoms with Gasteiger partial charge in [0.05, 0.1) is 26.7 Å². The summed E-state index contributed by atoms with van der Waals surface area (Å²) in [6.07, 6.45) is 0. The van der Waals surface area contributed by atoms with E-state index in [9.17, 15) is 0 Å². The third-order valence-electron chi connectivity index (χ3n) is 8.51. The van der Waals surface area contributed by atoms with Crippen LogP contribution in [0.1, 0.15) is 44.9 Å². The number of ether oxygens (including phenoxy) is 3. The number of methoxy groups -OCH3 is 3. The van der Waals surface area contributed by atoms with Gasteiger partial charge in [0.2, 0.25) is 0 Å². The molecule has 0 aliphatic rings. The molecule has 0 amide bonds. The monoisotopic (exact) mass is 576 g/mol. The van der Waals surface area contributed by atoms with Crippen LogP contribution in [0.5, 0.6) is 17.2 Å². The Labute approximate surface area is 260 Å². The number of hydrogen-bond donors (Lipinski definition) is 0. The van der Waals surface area contributed by atoms with Crippen molar-refractivity contribution in [1.29, 1.82) is 0 Å². The summed E-state index contributed by atoms with van der Waals surface area (Å²) in [5.41, 5.74) is 7.80. The van der Waals surface area contributed by atoms with Crippen molar-refractivity contribution in [3.8, 4) is 17.2 Å². The van der Waals surface area contributed by atoms with Crippen LogP contribution in [0.2, 0.25) is 0 Å². The molecular formula is C41H36O3. The SMILES string of the molecule is COc1ccc(C(c2ccc(OC)cc2)c2ccc(C(c3ccccc3)(c3ccccc3)c3ccc(OC)cc3)cc2)cc1. The van der Waals surface area contributed by atoms with Gasteiger partial charge in [-0.05, 0) is 75.3 Å². The van der Waals surface area contributed by atoms with E-state index >= 15 is 0 Å². The highest BCUT2D eigenvalue weighted by Crippen LogP contribution is 2.46. The summed E-state index contributed by atoms with van der Waals surface area (Å²) in [6, 6.07) is 55.8. The van der Waals surface area contributed by atoms with E-state index in [2.05, 4.69) is 121 Å². The predicted molar refractivity (Wildman–Crippen MR) is 178 cm³/mol. The van der Waals surface area contributed by atoms with Gasteiger partial charge in [0.25, 0.3) is 0 Å². The van der Waals surface area contributed by atoms with Crippen LogP contribution in [0.3, 0.4) is 0 Å². The summed E-state index contributed by atoms with van der Waals surface area (Å²) in [5, 5.41) is 0. The standard InChI is InChI=1S/C41H36O3/c1-42-37-24-16-31(17-25-37)40(32-18-26-38(43-2)27-19-32)30-14-20-35(21-15-30)41(33-10-6-4-7-11-33,34-12-8-5-9-13-34)36-22-28-39(44-3)29-23-36/h4-29,40H,1-3H3. The molecule has 6 rings (SSSR count). The Bertz CT molecular complexity index is 1670. The molecule has 44 heavy (non-hydrogen) atoms. The highest BCUT2D eigenvalue weighted by Gasteiger charge is 2.38. The van der Waals surface area contributed by atoms with E-state index in [1.165, 1.54) is 38.9 Å². The molecule has 0 saturated heterocycles. The van der Waals surface area contributed by atoms with Crippen molar-refractivity contribution >= 4 is 0 Å². The first kappa shape index (κ1) is 28.8. The fourth-order valence-electron chi connectivity index (χ4n) is 6.31. The van der Waals surface area contributed by atoms with E-state index in [4.69, 9.17) is 14.2 Å². The molecule has 0 saturated carbocycles. The van der Waals surface area contributed by atoms with E-state index in [1.807, 2.05) is 36.4 Å². The molecule has 6 aromatic rings. The first-order chi connectivity index (χ1) is 21.7. The van der Waals surface area contributed by atoms with Crippen molar-refractivity contribution < 1.29 is 14.2 Å². The quantitative estimate of drug-likeness (QED) is 0.152. The zero-order chi connectivity index (χ0) is 30.4. The maximum Gasteiger partial charge on any atom is 0.118 e. The van der Waals surface area contributed by atoms with Crippen molar-refractivity contribution in [2.75, 3.05) is 21.3 Å². The third kappa shape index (κ3) is 5.45. The normalized spacial score (nSPS) is 11.3. The van der Waals surface area contributed by atoms with Crippen molar-refractivity contribution in [1.82, 2.24) is 0 Å². The Morgan fingerprint density at radius 3 is 0.955 bits per heavy atom. The fourth-order valence-corrected chi connectivity index (χ4v) is 6.31. The highest BCUT2D eigenvalue weighted by atomic mass is 16.5. The van der Waals surface area contributed by atoms with E-state index < -0.39 is 5.41 Å². The minimum atomic E-state index is -0.539. The second kappa shape index (κ2) is 12.9. The van der Waals surface area contributed by atoms with Crippen LogP contribution in [0, 0.1) is 0 Å². The van der Waals surface area contributed by atoms with Crippen molar-refractivity contribution in [2.24, 2.45) is 0 Å². The van der Waals surface area contributed by atoms with Gasteiger partial charge in [0.15, 0.2) is 0 Å². The van der Waals surface area contributed by atoms with E-state index in [1.54, 1.807) is 21.3 Å². The Morgan fingerprint density at radius 1 is 0.341 bits per heavy atom. The van der Waals surface area contributed by atoms with Gasteiger partial charge in [0.1, 0.15) is 17.2 Å². The predicted octanol–water partition coefficient (Wildman–Crippen LogP) is 9.28. The smallest absolute Gasteiger partial charge is 0.118 e. The number of benzene rings is 6. The number of hydrogen-bond acceptors (Lipinski definition) is 3. The second-order valence-corrected chi connectivity index (χ2v) is 10.8. The zero-order valence-corrected chi connectivity index (χ0v) is 25.3. The largest absolute Gasteiger partial charge is 0.497 e. The van der Waals surface area contributed by atoms with E-state index in [0.717, 1.165) is 17.2 Å². The molecule has 6 aromatic carbocycles. The maximum atomic E-state index is 5.54. The Hall–Kier alpha value is -5.28. The Morgan fingerprint density at radius 2 is 0.614 bits per heavy atom. The zero-order valence-electron chi connectivity index (χ0n) is 25.3. The van der Waals surface area contributed by atoms with Gasteiger partial charge in [0, 0.05) is 5.92 Å².